The molecular formula is C13H19N3OS. The number of carbonyl (C=O) groups is 1. The standard InChI is InChI=1S/C13H19N3OS/c1-9(2)6-12(13(17)15-3)16-8-11-5-4-10(7-14)18-11/h4-5,9,12,16H,6,8H2,1-3H3,(H,15,17). The number of nitrogens with zero attached hydrogens (tertiary/aromatic N) is 1. The van der Waals surface area contributed by atoms with Gasteiger partial charge in [-0.3, -0.25) is 4.79 Å². The smallest absolute Gasteiger partial charge is 0.236 e. The largest absolute Gasteiger partial charge is 0.358 e. The lowest BCUT2D eigenvalue weighted by Gasteiger charge is -2.18. The molecule has 0 aliphatic carbocycles. The van der Waals surface area contributed by atoms with Gasteiger partial charge in [-0.05, 0) is 24.5 Å². The summed E-state index contributed by atoms with van der Waals surface area (Å²) in [5, 5.41) is 14.7. The van der Waals surface area contributed by atoms with Gasteiger partial charge in [0.25, 0.3) is 0 Å². The molecule has 18 heavy (non-hydrogen) atoms. The molecule has 1 rings (SSSR count). The Kier molecular flexibility index (Phi) is 5.83. The van der Waals surface area contributed by atoms with Gasteiger partial charge in [-0.15, -0.1) is 11.3 Å². The fourth-order valence-electron chi connectivity index (χ4n) is 1.69. The van der Waals surface area contributed by atoms with Gasteiger partial charge in [-0.25, -0.2) is 0 Å². The molecule has 0 aliphatic rings. The molecule has 2 N–H and O–H groups in total. The zero-order valence-electron chi connectivity index (χ0n) is 11.0. The van der Waals surface area contributed by atoms with Crippen LogP contribution in [0, 0.1) is 17.2 Å². The number of carbonyl (C=O) groups excluding carboxylic acids is 1. The quantitative estimate of drug-likeness (QED) is 0.825. The Morgan fingerprint density at radius 3 is 2.72 bits per heavy atom. The Bertz CT molecular complexity index is 434. The van der Waals surface area contributed by atoms with E-state index in [1.165, 1.54) is 11.3 Å². The summed E-state index contributed by atoms with van der Waals surface area (Å²) >= 11 is 1.46. The van der Waals surface area contributed by atoms with E-state index in [4.69, 9.17) is 5.26 Å². The highest BCUT2D eigenvalue weighted by atomic mass is 32.1. The predicted octanol–water partition coefficient (Wildman–Crippen LogP) is 1.87. The van der Waals surface area contributed by atoms with Crippen molar-refractivity contribution in [1.82, 2.24) is 10.6 Å². The molecule has 0 bridgehead atoms. The Morgan fingerprint density at radius 2 is 2.22 bits per heavy atom. The summed E-state index contributed by atoms with van der Waals surface area (Å²) in [4.78, 5) is 13.5. The van der Waals surface area contributed by atoms with E-state index >= 15 is 0 Å². The van der Waals surface area contributed by atoms with E-state index in [9.17, 15) is 4.79 Å². The minimum absolute atomic E-state index is 0.0146. The minimum Gasteiger partial charge on any atom is -0.358 e. The molecule has 0 fully saturated rings. The lowest BCUT2D eigenvalue weighted by molar-refractivity contribution is -0.123. The van der Waals surface area contributed by atoms with Crippen LogP contribution in [0.1, 0.15) is 30.0 Å². The first-order valence-electron chi connectivity index (χ1n) is 6.00. The van der Waals surface area contributed by atoms with E-state index in [0.717, 1.165) is 11.3 Å². The highest BCUT2D eigenvalue weighted by molar-refractivity contribution is 7.12. The fourth-order valence-corrected chi connectivity index (χ4v) is 2.44. The topological polar surface area (TPSA) is 64.9 Å². The number of rotatable bonds is 6. The van der Waals surface area contributed by atoms with Crippen molar-refractivity contribution in [3.8, 4) is 6.07 Å². The molecule has 98 valence electrons. The van der Waals surface area contributed by atoms with Crippen molar-refractivity contribution < 1.29 is 4.79 Å². The van der Waals surface area contributed by atoms with Gasteiger partial charge in [0.15, 0.2) is 0 Å². The number of amides is 1. The summed E-state index contributed by atoms with van der Waals surface area (Å²) in [5.41, 5.74) is 0. The lowest BCUT2D eigenvalue weighted by Crippen LogP contribution is -2.43. The molecule has 0 aromatic carbocycles. The van der Waals surface area contributed by atoms with E-state index in [1.54, 1.807) is 13.1 Å². The maximum absolute atomic E-state index is 11.7. The highest BCUT2D eigenvalue weighted by Gasteiger charge is 2.18. The summed E-state index contributed by atoms with van der Waals surface area (Å²) in [6.45, 7) is 4.81. The molecule has 1 aromatic heterocycles. The van der Waals surface area contributed by atoms with Gasteiger partial charge in [0.05, 0.1) is 6.04 Å². The molecule has 0 spiro atoms. The van der Waals surface area contributed by atoms with Crippen LogP contribution in [0.3, 0.4) is 0 Å². The minimum atomic E-state index is -0.178. The molecular weight excluding hydrogens is 246 g/mol. The average molecular weight is 265 g/mol. The number of hydrogen-bond donors (Lipinski definition) is 2. The van der Waals surface area contributed by atoms with Crippen LogP contribution in [0.5, 0.6) is 0 Å². The Morgan fingerprint density at radius 1 is 1.50 bits per heavy atom. The third-order valence-electron chi connectivity index (χ3n) is 2.56. The first-order valence-corrected chi connectivity index (χ1v) is 6.82. The average Bonchev–Trinajstić information content (AvgIpc) is 2.81. The van der Waals surface area contributed by atoms with Crippen molar-refractivity contribution in [2.24, 2.45) is 5.92 Å². The fraction of sp³-hybridized carbons (Fsp3) is 0.538. The summed E-state index contributed by atoms with van der Waals surface area (Å²) in [6, 6.07) is 5.66. The lowest BCUT2D eigenvalue weighted by atomic mass is 10.0. The van der Waals surface area contributed by atoms with Crippen LogP contribution >= 0.6 is 11.3 Å². The molecule has 1 unspecified atom stereocenters. The third-order valence-corrected chi connectivity index (χ3v) is 3.55. The second-order valence-corrected chi connectivity index (χ2v) is 5.72. The number of likely N-dealkylation sites (N-methyl/N-ethyl adjacent to an activating group) is 1. The van der Waals surface area contributed by atoms with Crippen molar-refractivity contribution >= 4 is 17.2 Å². The van der Waals surface area contributed by atoms with Crippen molar-refractivity contribution in [1.29, 1.82) is 5.26 Å². The molecule has 0 saturated carbocycles. The van der Waals surface area contributed by atoms with Crippen LogP contribution in [0.2, 0.25) is 0 Å². The molecule has 0 radical (unpaired) electrons. The normalized spacial score (nSPS) is 12.2. The molecule has 1 amide bonds. The summed E-state index contributed by atoms with van der Waals surface area (Å²) in [6.07, 6.45) is 0.802. The first-order chi connectivity index (χ1) is 8.56. The van der Waals surface area contributed by atoms with Gasteiger partial charge in [0.1, 0.15) is 10.9 Å². The van der Waals surface area contributed by atoms with Crippen LogP contribution in [0.25, 0.3) is 0 Å². The SMILES string of the molecule is CNC(=O)C(CC(C)C)NCc1ccc(C#N)s1. The van der Waals surface area contributed by atoms with Crippen molar-refractivity contribution in [2.75, 3.05) is 7.05 Å². The molecule has 0 aliphatic heterocycles. The van der Waals surface area contributed by atoms with Gasteiger partial charge in [0, 0.05) is 18.5 Å². The zero-order chi connectivity index (χ0) is 13.5. The molecule has 1 aromatic rings. The van der Waals surface area contributed by atoms with Crippen LogP contribution < -0.4 is 10.6 Å². The molecule has 1 heterocycles. The Labute approximate surface area is 112 Å². The highest BCUT2D eigenvalue weighted by Crippen LogP contribution is 2.15. The molecule has 0 saturated heterocycles. The predicted molar refractivity (Wildman–Crippen MR) is 73.2 cm³/mol. The van der Waals surface area contributed by atoms with Gasteiger partial charge < -0.3 is 10.6 Å². The van der Waals surface area contributed by atoms with Crippen molar-refractivity contribution in [3.63, 3.8) is 0 Å². The summed E-state index contributed by atoms with van der Waals surface area (Å²) < 4.78 is 0. The first kappa shape index (κ1) is 14.7. The van der Waals surface area contributed by atoms with E-state index in [0.29, 0.717) is 17.3 Å². The van der Waals surface area contributed by atoms with Gasteiger partial charge in [0.2, 0.25) is 5.91 Å². The van der Waals surface area contributed by atoms with Gasteiger partial charge in [-0.2, -0.15) is 5.26 Å². The van der Waals surface area contributed by atoms with E-state index in [-0.39, 0.29) is 11.9 Å². The number of nitrogens with one attached hydrogen (secondary N) is 2. The second kappa shape index (κ2) is 7.14. The molecule has 4 nitrogen and oxygen atoms in total. The number of nitriles is 1. The third kappa shape index (κ3) is 4.47. The van der Waals surface area contributed by atoms with Gasteiger partial charge >= 0.3 is 0 Å². The van der Waals surface area contributed by atoms with Crippen molar-refractivity contribution in [2.45, 2.75) is 32.9 Å². The Balaban J connectivity index is 2.56. The Hall–Kier alpha value is -1.38. The second-order valence-electron chi connectivity index (χ2n) is 4.56. The van der Waals surface area contributed by atoms with Crippen LogP contribution in [0.15, 0.2) is 12.1 Å². The summed E-state index contributed by atoms with van der Waals surface area (Å²) in [7, 11) is 1.65. The monoisotopic (exact) mass is 265 g/mol. The number of hydrogen-bond acceptors (Lipinski definition) is 4. The van der Waals surface area contributed by atoms with E-state index in [2.05, 4.69) is 30.6 Å². The van der Waals surface area contributed by atoms with E-state index in [1.807, 2.05) is 6.07 Å². The maximum atomic E-state index is 11.7. The zero-order valence-corrected chi connectivity index (χ0v) is 11.8. The molecule has 5 heteroatoms. The van der Waals surface area contributed by atoms with Crippen LogP contribution in [-0.2, 0) is 11.3 Å². The maximum Gasteiger partial charge on any atom is 0.236 e. The van der Waals surface area contributed by atoms with E-state index < -0.39 is 0 Å². The van der Waals surface area contributed by atoms with Crippen molar-refractivity contribution in [3.05, 3.63) is 21.9 Å². The van der Waals surface area contributed by atoms with Crippen LogP contribution in [0.4, 0.5) is 0 Å². The van der Waals surface area contributed by atoms with Crippen LogP contribution in [-0.4, -0.2) is 19.0 Å². The summed E-state index contributed by atoms with van der Waals surface area (Å²) in [5.74, 6) is 0.471. The van der Waals surface area contributed by atoms with Gasteiger partial charge in [-0.1, -0.05) is 13.8 Å². The number of thiophene rings is 1. The molecule has 1 atom stereocenters.